The van der Waals surface area contributed by atoms with Crippen LogP contribution in [0.2, 0.25) is 0 Å². The van der Waals surface area contributed by atoms with E-state index in [0.29, 0.717) is 18.9 Å². The van der Waals surface area contributed by atoms with Gasteiger partial charge in [0.2, 0.25) is 0 Å². The minimum atomic E-state index is -0.621. The molecule has 2 bridgehead atoms. The normalized spacial score (nSPS) is 33.6. The largest absolute Gasteiger partial charge is 0.497 e. The molecule has 3 saturated heterocycles. The predicted octanol–water partition coefficient (Wildman–Crippen LogP) is 2.72. The molecule has 0 unspecified atom stereocenters. The maximum absolute atomic E-state index is 12.6. The lowest BCUT2D eigenvalue weighted by Crippen LogP contribution is -2.66. The summed E-state index contributed by atoms with van der Waals surface area (Å²) in [5, 5.41) is 11.4. The summed E-state index contributed by atoms with van der Waals surface area (Å²) in [7, 11) is 1.66. The number of aliphatic hydroxyl groups excluding tert-OH is 1. The summed E-state index contributed by atoms with van der Waals surface area (Å²) in [6.45, 7) is 1.55. The molecule has 0 radical (unpaired) electrons. The molecule has 5 fully saturated rings. The van der Waals surface area contributed by atoms with Crippen molar-refractivity contribution in [2.45, 2.75) is 69.4 Å². The Kier molecular flexibility index (Phi) is 5.35. The highest BCUT2D eigenvalue weighted by atomic mass is 32.1. The third-order valence-electron chi connectivity index (χ3n) is 7.43. The second-order valence-electron chi connectivity index (χ2n) is 9.21. The van der Waals surface area contributed by atoms with Crippen LogP contribution in [0.4, 0.5) is 0 Å². The molecule has 3 heterocycles. The van der Waals surface area contributed by atoms with E-state index in [0.717, 1.165) is 23.0 Å². The van der Waals surface area contributed by atoms with Gasteiger partial charge in [0.1, 0.15) is 11.9 Å². The maximum atomic E-state index is 12.6. The SMILES string of the molecule is COc1ccc(CN2C(=S)N(CC3CCCCC3)[C@H]3[C@@H]2[C@H]2OC(=O)[C@H]3C[C@H]2O)cc1. The number of carbonyl (C=O) groups is 1. The number of esters is 1. The number of methoxy groups -OCH3 is 1. The molecule has 6 rings (SSSR count). The Hall–Kier alpha value is -1.86. The van der Waals surface area contributed by atoms with Crippen molar-refractivity contribution in [2.75, 3.05) is 13.7 Å². The second-order valence-corrected chi connectivity index (χ2v) is 9.57. The number of hydrogen-bond acceptors (Lipinski definition) is 5. The van der Waals surface area contributed by atoms with Crippen LogP contribution in [0.3, 0.4) is 0 Å². The topological polar surface area (TPSA) is 62.2 Å². The Morgan fingerprint density at radius 3 is 2.57 bits per heavy atom. The summed E-state index contributed by atoms with van der Waals surface area (Å²) >= 11 is 5.98. The van der Waals surface area contributed by atoms with Gasteiger partial charge in [0.05, 0.1) is 31.2 Å². The van der Waals surface area contributed by atoms with Crippen LogP contribution < -0.4 is 4.74 Å². The zero-order valence-electron chi connectivity index (χ0n) is 17.4. The lowest BCUT2D eigenvalue weighted by Gasteiger charge is -2.49. The molecular formula is C23H30N2O4S. The van der Waals surface area contributed by atoms with Crippen molar-refractivity contribution in [1.82, 2.24) is 9.80 Å². The van der Waals surface area contributed by atoms with Crippen LogP contribution >= 0.6 is 12.2 Å². The first-order chi connectivity index (χ1) is 14.6. The van der Waals surface area contributed by atoms with Gasteiger partial charge in [-0.25, -0.2) is 0 Å². The highest BCUT2D eigenvalue weighted by molar-refractivity contribution is 7.80. The van der Waals surface area contributed by atoms with Crippen molar-refractivity contribution in [3.8, 4) is 5.75 Å². The fourth-order valence-corrected chi connectivity index (χ4v) is 6.31. The summed E-state index contributed by atoms with van der Waals surface area (Å²) in [6.07, 6.45) is 5.69. The van der Waals surface area contributed by atoms with Crippen molar-refractivity contribution in [3.05, 3.63) is 29.8 Å². The summed E-state index contributed by atoms with van der Waals surface area (Å²) in [5.41, 5.74) is 1.12. The van der Waals surface area contributed by atoms with Gasteiger partial charge in [-0.1, -0.05) is 31.4 Å². The molecule has 7 heteroatoms. The fraction of sp³-hybridized carbons (Fsp3) is 0.652. The van der Waals surface area contributed by atoms with Gasteiger partial charge < -0.3 is 24.4 Å². The van der Waals surface area contributed by atoms with Crippen LogP contribution in [0, 0.1) is 11.8 Å². The standard InChI is InChI=1S/C23H30N2O4S/c1-28-16-9-7-15(8-10-16)13-25-20-19(17-11-18(26)21(20)29-22(17)27)24(23(25)30)12-14-5-3-2-4-6-14/h7-10,14,17-21,26H,2-6,11-13H2,1H3/t17-,18+,19+,20+,21-/m0/s1. The maximum Gasteiger partial charge on any atom is 0.311 e. The molecule has 0 spiro atoms. The van der Waals surface area contributed by atoms with E-state index in [1.807, 2.05) is 24.3 Å². The Labute approximate surface area is 183 Å². The molecule has 1 aromatic carbocycles. The van der Waals surface area contributed by atoms with Gasteiger partial charge >= 0.3 is 5.97 Å². The van der Waals surface area contributed by atoms with Gasteiger partial charge in [-0.3, -0.25) is 4.79 Å². The number of hydrogen-bond donors (Lipinski definition) is 1. The first-order valence-corrected chi connectivity index (χ1v) is 11.6. The van der Waals surface area contributed by atoms with Gasteiger partial charge in [0.15, 0.2) is 5.11 Å². The highest BCUT2D eigenvalue weighted by Gasteiger charge is 2.62. The van der Waals surface area contributed by atoms with Crippen LogP contribution in [0.15, 0.2) is 24.3 Å². The molecule has 162 valence electrons. The van der Waals surface area contributed by atoms with Gasteiger partial charge in [-0.05, 0) is 55.1 Å². The van der Waals surface area contributed by atoms with Crippen molar-refractivity contribution in [1.29, 1.82) is 0 Å². The number of benzene rings is 1. The zero-order valence-corrected chi connectivity index (χ0v) is 18.2. The minimum absolute atomic E-state index is 0.00678. The fourth-order valence-electron chi connectivity index (χ4n) is 5.93. The lowest BCUT2D eigenvalue weighted by molar-refractivity contribution is -0.199. The third-order valence-corrected chi connectivity index (χ3v) is 7.90. The molecular weight excluding hydrogens is 400 g/mol. The molecule has 5 aliphatic rings. The van der Waals surface area contributed by atoms with Crippen molar-refractivity contribution >= 4 is 23.3 Å². The molecule has 1 N–H and O–H groups in total. The van der Waals surface area contributed by atoms with Gasteiger partial charge in [-0.15, -0.1) is 0 Å². The number of rotatable bonds is 5. The summed E-state index contributed by atoms with van der Waals surface area (Å²) < 4.78 is 10.9. The number of carbonyl (C=O) groups excluding carboxylic acids is 1. The molecule has 2 aliphatic carbocycles. The Morgan fingerprint density at radius 2 is 1.87 bits per heavy atom. The monoisotopic (exact) mass is 430 g/mol. The Bertz CT molecular complexity index is 810. The number of nitrogens with zero attached hydrogens (tertiary/aromatic N) is 2. The van der Waals surface area contributed by atoms with E-state index in [-0.39, 0.29) is 24.0 Å². The van der Waals surface area contributed by atoms with Crippen molar-refractivity contribution in [3.63, 3.8) is 0 Å². The first kappa shape index (κ1) is 20.1. The predicted molar refractivity (Wildman–Crippen MR) is 116 cm³/mol. The first-order valence-electron chi connectivity index (χ1n) is 11.2. The summed E-state index contributed by atoms with van der Waals surface area (Å²) in [6, 6.07) is 7.91. The molecule has 0 aromatic heterocycles. The van der Waals surface area contributed by atoms with Gasteiger partial charge in [-0.2, -0.15) is 0 Å². The van der Waals surface area contributed by atoms with Crippen LogP contribution in [0.25, 0.3) is 0 Å². The van der Waals surface area contributed by atoms with Crippen molar-refractivity contribution < 1.29 is 19.4 Å². The number of thiocarbonyl (C=S) groups is 1. The van der Waals surface area contributed by atoms with E-state index in [2.05, 4.69) is 9.80 Å². The van der Waals surface area contributed by atoms with E-state index < -0.39 is 12.2 Å². The highest BCUT2D eigenvalue weighted by Crippen LogP contribution is 2.45. The second kappa shape index (κ2) is 8.00. The molecule has 6 nitrogen and oxygen atoms in total. The van der Waals surface area contributed by atoms with Crippen LogP contribution in [-0.4, -0.2) is 63.9 Å². The minimum Gasteiger partial charge on any atom is -0.497 e. The average molecular weight is 431 g/mol. The number of aliphatic hydroxyl groups is 1. The zero-order chi connectivity index (χ0) is 20.8. The van der Waals surface area contributed by atoms with Crippen LogP contribution in [-0.2, 0) is 16.1 Å². The Morgan fingerprint density at radius 1 is 1.13 bits per heavy atom. The van der Waals surface area contributed by atoms with E-state index >= 15 is 0 Å². The van der Waals surface area contributed by atoms with E-state index in [1.54, 1.807) is 7.11 Å². The molecule has 5 atom stereocenters. The molecule has 3 aliphatic heterocycles. The van der Waals surface area contributed by atoms with E-state index in [9.17, 15) is 9.90 Å². The summed E-state index contributed by atoms with van der Waals surface area (Å²) in [5.74, 6) is 0.965. The Balaban J connectivity index is 1.44. The lowest BCUT2D eigenvalue weighted by atomic mass is 9.74. The smallest absolute Gasteiger partial charge is 0.311 e. The van der Waals surface area contributed by atoms with Gasteiger partial charge in [0, 0.05) is 13.1 Å². The van der Waals surface area contributed by atoms with Gasteiger partial charge in [0.25, 0.3) is 0 Å². The average Bonchev–Trinajstić information content (AvgIpc) is 3.03. The number of ether oxygens (including phenoxy) is 2. The van der Waals surface area contributed by atoms with E-state index in [4.69, 9.17) is 21.7 Å². The molecule has 1 aromatic rings. The molecule has 2 saturated carbocycles. The van der Waals surface area contributed by atoms with Crippen LogP contribution in [0.5, 0.6) is 5.75 Å². The quantitative estimate of drug-likeness (QED) is 0.569. The van der Waals surface area contributed by atoms with Crippen molar-refractivity contribution in [2.24, 2.45) is 11.8 Å². The third kappa shape index (κ3) is 3.36. The molecule has 30 heavy (non-hydrogen) atoms. The number of fused-ring (bicyclic) bond motifs is 2. The van der Waals surface area contributed by atoms with Crippen LogP contribution in [0.1, 0.15) is 44.1 Å². The van der Waals surface area contributed by atoms with E-state index in [1.165, 1.54) is 32.1 Å². The molecule has 0 amide bonds. The summed E-state index contributed by atoms with van der Waals surface area (Å²) in [4.78, 5) is 17.1.